The van der Waals surface area contributed by atoms with E-state index in [1.807, 2.05) is 38.1 Å². The Morgan fingerprint density at radius 1 is 1.33 bits per heavy atom. The molecule has 96 valence electrons. The van der Waals surface area contributed by atoms with Gasteiger partial charge in [-0.25, -0.2) is 0 Å². The van der Waals surface area contributed by atoms with Gasteiger partial charge < -0.3 is 10.4 Å². The van der Waals surface area contributed by atoms with E-state index in [4.69, 9.17) is 11.6 Å². The summed E-state index contributed by atoms with van der Waals surface area (Å²) < 4.78 is 0. The molecule has 0 aliphatic rings. The molecule has 2 rings (SSSR count). The molecule has 0 fully saturated rings. The zero-order valence-corrected chi connectivity index (χ0v) is 11.3. The molecular weight excluding hydrogens is 248 g/mol. The first kappa shape index (κ1) is 13.1. The molecule has 1 unspecified atom stereocenters. The number of rotatable bonds is 4. The van der Waals surface area contributed by atoms with Gasteiger partial charge >= 0.3 is 0 Å². The fourth-order valence-corrected chi connectivity index (χ4v) is 1.89. The van der Waals surface area contributed by atoms with Crippen molar-refractivity contribution in [2.45, 2.75) is 20.0 Å². The third-order valence-corrected chi connectivity index (χ3v) is 3.21. The highest BCUT2D eigenvalue weighted by Crippen LogP contribution is 2.24. The Balaban J connectivity index is 2.23. The number of fused-ring (bicyclic) bond motifs is 1. The second-order valence-electron chi connectivity index (χ2n) is 4.71. The van der Waals surface area contributed by atoms with Crippen molar-refractivity contribution < 1.29 is 5.11 Å². The van der Waals surface area contributed by atoms with E-state index >= 15 is 0 Å². The maximum atomic E-state index is 9.80. The number of halogens is 1. The number of nitrogens with one attached hydrogen (secondary N) is 1. The minimum absolute atomic E-state index is 0.236. The van der Waals surface area contributed by atoms with E-state index in [0.717, 1.165) is 16.6 Å². The first-order chi connectivity index (χ1) is 8.58. The molecule has 1 aromatic carbocycles. The third-order valence-electron chi connectivity index (χ3n) is 2.98. The number of aromatic nitrogens is 1. The number of anilines is 1. The molecular formula is C14H17ClN2O. The van der Waals surface area contributed by atoms with Crippen molar-refractivity contribution in [3.05, 3.63) is 35.5 Å². The largest absolute Gasteiger partial charge is 0.391 e. The Hall–Kier alpha value is -1.32. The molecule has 2 N–H and O–H groups in total. The number of aliphatic hydroxyl groups is 1. The quantitative estimate of drug-likeness (QED) is 0.891. The van der Waals surface area contributed by atoms with E-state index in [1.165, 1.54) is 0 Å². The fourth-order valence-electron chi connectivity index (χ4n) is 1.73. The van der Waals surface area contributed by atoms with Crippen LogP contribution in [0.3, 0.4) is 0 Å². The number of hydrogen-bond acceptors (Lipinski definition) is 3. The number of pyridine rings is 1. The molecule has 0 aliphatic carbocycles. The molecule has 2 aromatic rings. The molecule has 0 radical (unpaired) electrons. The van der Waals surface area contributed by atoms with Crippen LogP contribution in [0.5, 0.6) is 0 Å². The first-order valence-electron chi connectivity index (χ1n) is 6.04. The molecule has 0 bridgehead atoms. The highest BCUT2D eigenvalue weighted by Gasteiger charge is 2.09. The molecule has 1 aromatic heterocycles. The summed E-state index contributed by atoms with van der Waals surface area (Å²) in [6, 6.07) is 7.52. The molecule has 0 aliphatic heterocycles. The van der Waals surface area contributed by atoms with Gasteiger partial charge in [0, 0.05) is 28.8 Å². The van der Waals surface area contributed by atoms with Gasteiger partial charge in [0.2, 0.25) is 0 Å². The number of nitrogens with zero attached hydrogens (tertiary/aromatic N) is 1. The zero-order valence-electron chi connectivity index (χ0n) is 10.5. The minimum atomic E-state index is -0.361. The van der Waals surface area contributed by atoms with Gasteiger partial charge in [0.1, 0.15) is 0 Å². The van der Waals surface area contributed by atoms with Crippen LogP contribution < -0.4 is 5.32 Å². The fraction of sp³-hybridized carbons (Fsp3) is 0.357. The van der Waals surface area contributed by atoms with Crippen LogP contribution in [-0.2, 0) is 0 Å². The van der Waals surface area contributed by atoms with Crippen molar-refractivity contribution in [1.29, 1.82) is 0 Å². The lowest BCUT2D eigenvalue weighted by Gasteiger charge is -2.16. The summed E-state index contributed by atoms with van der Waals surface area (Å²) in [4.78, 5) is 4.28. The standard InChI is InChI=1S/C14H17ClN2O/c1-9(2)14(18)8-17-12-5-6-16-13-7-10(15)3-4-11(12)13/h3-7,9,14,18H,8H2,1-2H3,(H,16,17). The van der Waals surface area contributed by atoms with Crippen molar-refractivity contribution >= 4 is 28.2 Å². The average molecular weight is 265 g/mol. The third kappa shape index (κ3) is 2.92. The molecule has 0 spiro atoms. The Morgan fingerprint density at radius 2 is 2.11 bits per heavy atom. The SMILES string of the molecule is CC(C)C(O)CNc1ccnc2cc(Cl)ccc12. The number of hydrogen-bond donors (Lipinski definition) is 2. The highest BCUT2D eigenvalue weighted by atomic mass is 35.5. The van der Waals surface area contributed by atoms with Crippen molar-refractivity contribution in [2.24, 2.45) is 5.92 Å². The lowest BCUT2D eigenvalue weighted by atomic mass is 10.1. The molecule has 3 nitrogen and oxygen atoms in total. The Kier molecular flexibility index (Phi) is 4.04. The van der Waals surface area contributed by atoms with E-state index in [1.54, 1.807) is 6.20 Å². The van der Waals surface area contributed by atoms with E-state index in [0.29, 0.717) is 11.6 Å². The van der Waals surface area contributed by atoms with Crippen LogP contribution >= 0.6 is 11.6 Å². The average Bonchev–Trinajstić information content (AvgIpc) is 2.35. The van der Waals surface area contributed by atoms with Crippen LogP contribution in [0.25, 0.3) is 10.9 Å². The molecule has 0 saturated heterocycles. The van der Waals surface area contributed by atoms with E-state index in [2.05, 4.69) is 10.3 Å². The van der Waals surface area contributed by atoms with Gasteiger partial charge in [0.15, 0.2) is 0 Å². The van der Waals surface area contributed by atoms with Gasteiger partial charge in [-0.1, -0.05) is 25.4 Å². The summed E-state index contributed by atoms with van der Waals surface area (Å²) in [6.45, 7) is 4.52. The summed E-state index contributed by atoms with van der Waals surface area (Å²) in [5.74, 6) is 0.236. The van der Waals surface area contributed by atoms with Crippen LogP contribution in [0.2, 0.25) is 5.02 Å². The summed E-state index contributed by atoms with van der Waals surface area (Å²) in [7, 11) is 0. The topological polar surface area (TPSA) is 45.1 Å². The molecule has 1 atom stereocenters. The highest BCUT2D eigenvalue weighted by molar-refractivity contribution is 6.31. The van der Waals surface area contributed by atoms with Crippen LogP contribution in [-0.4, -0.2) is 22.7 Å². The van der Waals surface area contributed by atoms with Gasteiger partial charge in [-0.3, -0.25) is 4.98 Å². The Labute approximate surface area is 112 Å². The van der Waals surface area contributed by atoms with Crippen molar-refractivity contribution in [3.8, 4) is 0 Å². The predicted molar refractivity (Wildman–Crippen MR) is 76.1 cm³/mol. The van der Waals surface area contributed by atoms with Gasteiger partial charge in [-0.15, -0.1) is 0 Å². The van der Waals surface area contributed by atoms with Gasteiger partial charge in [-0.05, 0) is 30.2 Å². The molecule has 1 heterocycles. The van der Waals surface area contributed by atoms with E-state index in [-0.39, 0.29) is 12.0 Å². The number of benzene rings is 1. The van der Waals surface area contributed by atoms with Gasteiger partial charge in [0.25, 0.3) is 0 Å². The van der Waals surface area contributed by atoms with Crippen LogP contribution in [0.1, 0.15) is 13.8 Å². The lowest BCUT2D eigenvalue weighted by Crippen LogP contribution is -2.24. The second-order valence-corrected chi connectivity index (χ2v) is 5.15. The lowest BCUT2D eigenvalue weighted by molar-refractivity contribution is 0.138. The molecule has 0 amide bonds. The van der Waals surface area contributed by atoms with Crippen molar-refractivity contribution in [3.63, 3.8) is 0 Å². The smallest absolute Gasteiger partial charge is 0.0737 e. The van der Waals surface area contributed by atoms with Crippen LogP contribution in [0.4, 0.5) is 5.69 Å². The Bertz CT molecular complexity index is 542. The van der Waals surface area contributed by atoms with Gasteiger partial charge in [-0.2, -0.15) is 0 Å². The summed E-state index contributed by atoms with van der Waals surface area (Å²) in [5.41, 5.74) is 1.82. The molecule has 0 saturated carbocycles. The van der Waals surface area contributed by atoms with Gasteiger partial charge in [0.05, 0.1) is 11.6 Å². The monoisotopic (exact) mass is 264 g/mol. The maximum Gasteiger partial charge on any atom is 0.0737 e. The van der Waals surface area contributed by atoms with Crippen LogP contribution in [0.15, 0.2) is 30.5 Å². The first-order valence-corrected chi connectivity index (χ1v) is 6.42. The van der Waals surface area contributed by atoms with E-state index < -0.39 is 0 Å². The normalized spacial score (nSPS) is 12.9. The number of aliphatic hydroxyl groups excluding tert-OH is 1. The van der Waals surface area contributed by atoms with E-state index in [9.17, 15) is 5.11 Å². The van der Waals surface area contributed by atoms with Crippen molar-refractivity contribution in [2.75, 3.05) is 11.9 Å². The Morgan fingerprint density at radius 3 is 2.83 bits per heavy atom. The minimum Gasteiger partial charge on any atom is -0.391 e. The molecule has 18 heavy (non-hydrogen) atoms. The second kappa shape index (κ2) is 5.55. The maximum absolute atomic E-state index is 9.80. The van der Waals surface area contributed by atoms with Crippen LogP contribution in [0, 0.1) is 5.92 Å². The zero-order chi connectivity index (χ0) is 13.1. The summed E-state index contributed by atoms with van der Waals surface area (Å²) >= 11 is 5.94. The van der Waals surface area contributed by atoms with Crippen molar-refractivity contribution in [1.82, 2.24) is 4.98 Å². The molecule has 4 heteroatoms. The predicted octanol–water partition coefficient (Wildman–Crippen LogP) is 3.32. The summed E-state index contributed by atoms with van der Waals surface area (Å²) in [6.07, 6.45) is 1.38. The summed E-state index contributed by atoms with van der Waals surface area (Å²) in [5, 5.41) is 14.7.